The zero-order valence-corrected chi connectivity index (χ0v) is 11.9. The van der Waals surface area contributed by atoms with Gasteiger partial charge in [0.15, 0.2) is 0 Å². The van der Waals surface area contributed by atoms with Crippen molar-refractivity contribution in [3.05, 3.63) is 28.8 Å². The Labute approximate surface area is 114 Å². The van der Waals surface area contributed by atoms with Crippen LogP contribution in [-0.2, 0) is 4.79 Å². The number of carboxylic acid groups (broad SMARTS) is 1. The van der Waals surface area contributed by atoms with Crippen molar-refractivity contribution in [3.8, 4) is 5.75 Å². The Hall–Kier alpha value is -1.51. The lowest BCUT2D eigenvalue weighted by Crippen LogP contribution is -2.21. The van der Waals surface area contributed by atoms with Gasteiger partial charge in [0.1, 0.15) is 5.75 Å². The van der Waals surface area contributed by atoms with Crippen LogP contribution in [0.4, 0.5) is 0 Å². The molecular formula is C16H22O3. The van der Waals surface area contributed by atoms with Gasteiger partial charge in [-0.1, -0.05) is 6.07 Å². The zero-order chi connectivity index (χ0) is 14.0. The normalized spacial score (nSPS) is 23.1. The summed E-state index contributed by atoms with van der Waals surface area (Å²) in [6.45, 7) is 4.19. The van der Waals surface area contributed by atoms with Gasteiger partial charge in [-0.2, -0.15) is 0 Å². The molecule has 0 radical (unpaired) electrons. The van der Waals surface area contributed by atoms with Gasteiger partial charge in [-0.3, -0.25) is 4.79 Å². The topological polar surface area (TPSA) is 46.5 Å². The molecule has 0 aromatic heterocycles. The van der Waals surface area contributed by atoms with Crippen LogP contribution in [0.3, 0.4) is 0 Å². The van der Waals surface area contributed by atoms with Crippen molar-refractivity contribution in [2.24, 2.45) is 5.92 Å². The highest BCUT2D eigenvalue weighted by atomic mass is 16.5. The fourth-order valence-electron chi connectivity index (χ4n) is 3.26. The van der Waals surface area contributed by atoms with Crippen molar-refractivity contribution >= 4 is 5.97 Å². The predicted octanol–water partition coefficient (Wildman–Crippen LogP) is 3.67. The molecular weight excluding hydrogens is 240 g/mol. The van der Waals surface area contributed by atoms with Crippen molar-refractivity contribution in [1.82, 2.24) is 0 Å². The molecule has 19 heavy (non-hydrogen) atoms. The largest absolute Gasteiger partial charge is 0.496 e. The Morgan fingerprint density at radius 3 is 2.37 bits per heavy atom. The second-order valence-corrected chi connectivity index (χ2v) is 5.58. The fraction of sp³-hybridized carbons (Fsp3) is 0.562. The predicted molar refractivity (Wildman–Crippen MR) is 74.8 cm³/mol. The number of carboxylic acids is 1. The van der Waals surface area contributed by atoms with Gasteiger partial charge in [-0.05, 0) is 62.6 Å². The van der Waals surface area contributed by atoms with Crippen LogP contribution < -0.4 is 4.74 Å². The van der Waals surface area contributed by atoms with Crippen LogP contribution in [0.15, 0.2) is 12.1 Å². The van der Waals surface area contributed by atoms with Crippen LogP contribution in [0.2, 0.25) is 0 Å². The lowest BCUT2D eigenvalue weighted by atomic mass is 9.77. The van der Waals surface area contributed by atoms with E-state index in [0.717, 1.165) is 31.4 Å². The first-order chi connectivity index (χ1) is 9.02. The third-order valence-corrected chi connectivity index (χ3v) is 4.20. The Bertz CT molecular complexity index is 471. The van der Waals surface area contributed by atoms with Crippen molar-refractivity contribution < 1.29 is 14.6 Å². The van der Waals surface area contributed by atoms with Gasteiger partial charge in [0.2, 0.25) is 0 Å². The quantitative estimate of drug-likeness (QED) is 0.904. The molecule has 1 fully saturated rings. The fourth-order valence-corrected chi connectivity index (χ4v) is 3.26. The molecule has 1 saturated carbocycles. The zero-order valence-electron chi connectivity index (χ0n) is 11.9. The van der Waals surface area contributed by atoms with Gasteiger partial charge < -0.3 is 9.84 Å². The average molecular weight is 262 g/mol. The number of hydrogen-bond acceptors (Lipinski definition) is 2. The standard InChI is InChI=1S/C16H22O3/c1-10-8-11(2)15(14(9-10)19-3)12-4-6-13(7-5-12)16(17)18/h8-9,12-13H,4-7H2,1-3H3,(H,17,18). The third kappa shape index (κ3) is 2.91. The number of ether oxygens (including phenoxy) is 1. The number of benzene rings is 1. The number of methoxy groups -OCH3 is 1. The second kappa shape index (κ2) is 5.64. The van der Waals surface area contributed by atoms with Crippen LogP contribution in [-0.4, -0.2) is 18.2 Å². The maximum atomic E-state index is 11.0. The Balaban J connectivity index is 2.22. The molecule has 0 saturated heterocycles. The molecule has 1 aliphatic carbocycles. The van der Waals surface area contributed by atoms with Gasteiger partial charge in [0, 0.05) is 5.56 Å². The minimum Gasteiger partial charge on any atom is -0.496 e. The molecule has 104 valence electrons. The van der Waals surface area contributed by atoms with Crippen molar-refractivity contribution in [1.29, 1.82) is 0 Å². The highest BCUT2D eigenvalue weighted by molar-refractivity contribution is 5.70. The van der Waals surface area contributed by atoms with Crippen LogP contribution in [0, 0.1) is 19.8 Å². The maximum absolute atomic E-state index is 11.0. The molecule has 0 heterocycles. The number of hydrogen-bond donors (Lipinski definition) is 1. The first-order valence-electron chi connectivity index (χ1n) is 6.91. The smallest absolute Gasteiger partial charge is 0.306 e. The van der Waals surface area contributed by atoms with Crippen molar-refractivity contribution in [3.63, 3.8) is 0 Å². The first kappa shape index (κ1) is 13.9. The molecule has 0 aliphatic heterocycles. The van der Waals surface area contributed by atoms with E-state index in [0.29, 0.717) is 5.92 Å². The third-order valence-electron chi connectivity index (χ3n) is 4.20. The summed E-state index contributed by atoms with van der Waals surface area (Å²) in [6, 6.07) is 4.26. The molecule has 1 aromatic rings. The minimum absolute atomic E-state index is 0.159. The van der Waals surface area contributed by atoms with Gasteiger partial charge in [-0.25, -0.2) is 0 Å². The van der Waals surface area contributed by atoms with Gasteiger partial charge in [0.25, 0.3) is 0 Å². The van der Waals surface area contributed by atoms with E-state index in [1.165, 1.54) is 16.7 Å². The maximum Gasteiger partial charge on any atom is 0.306 e. The number of aliphatic carboxylic acids is 1. The van der Waals surface area contributed by atoms with Crippen LogP contribution >= 0.6 is 0 Å². The van der Waals surface area contributed by atoms with Gasteiger partial charge >= 0.3 is 5.97 Å². The molecule has 1 aliphatic rings. The van der Waals surface area contributed by atoms with Crippen molar-refractivity contribution in [2.45, 2.75) is 45.4 Å². The van der Waals surface area contributed by atoms with Crippen LogP contribution in [0.25, 0.3) is 0 Å². The minimum atomic E-state index is -0.647. The summed E-state index contributed by atoms with van der Waals surface area (Å²) in [6.07, 6.45) is 3.43. The van der Waals surface area contributed by atoms with Crippen molar-refractivity contribution in [2.75, 3.05) is 7.11 Å². The van der Waals surface area contributed by atoms with E-state index in [4.69, 9.17) is 9.84 Å². The van der Waals surface area contributed by atoms with E-state index in [1.54, 1.807) is 7.11 Å². The summed E-state index contributed by atoms with van der Waals surface area (Å²) in [4.78, 5) is 11.0. The molecule has 1 aromatic carbocycles. The Morgan fingerprint density at radius 2 is 1.84 bits per heavy atom. The average Bonchev–Trinajstić information content (AvgIpc) is 2.38. The molecule has 1 N–H and O–H groups in total. The Kier molecular flexibility index (Phi) is 4.13. The van der Waals surface area contributed by atoms with E-state index < -0.39 is 5.97 Å². The molecule has 0 amide bonds. The molecule has 3 heteroatoms. The number of carbonyl (C=O) groups is 1. The molecule has 0 bridgehead atoms. The highest BCUT2D eigenvalue weighted by Crippen LogP contribution is 2.41. The number of rotatable bonds is 3. The molecule has 2 rings (SSSR count). The Morgan fingerprint density at radius 1 is 1.21 bits per heavy atom. The molecule has 3 nitrogen and oxygen atoms in total. The van der Waals surface area contributed by atoms with E-state index in [9.17, 15) is 4.79 Å². The van der Waals surface area contributed by atoms with Gasteiger partial charge in [-0.15, -0.1) is 0 Å². The van der Waals surface area contributed by atoms with E-state index in [-0.39, 0.29) is 5.92 Å². The highest BCUT2D eigenvalue weighted by Gasteiger charge is 2.29. The second-order valence-electron chi connectivity index (χ2n) is 5.58. The van der Waals surface area contributed by atoms with Crippen LogP contribution in [0.5, 0.6) is 5.75 Å². The molecule has 0 spiro atoms. The van der Waals surface area contributed by atoms with E-state index in [2.05, 4.69) is 26.0 Å². The SMILES string of the molecule is COc1cc(C)cc(C)c1C1CCC(C(=O)O)CC1. The van der Waals surface area contributed by atoms with E-state index >= 15 is 0 Å². The summed E-state index contributed by atoms with van der Waals surface area (Å²) in [5.74, 6) is 0.585. The lowest BCUT2D eigenvalue weighted by Gasteiger charge is -2.29. The molecule has 0 atom stereocenters. The summed E-state index contributed by atoms with van der Waals surface area (Å²) >= 11 is 0. The summed E-state index contributed by atoms with van der Waals surface area (Å²) in [5.41, 5.74) is 3.74. The van der Waals surface area contributed by atoms with E-state index in [1.807, 2.05) is 0 Å². The van der Waals surface area contributed by atoms with Gasteiger partial charge in [0.05, 0.1) is 13.0 Å². The first-order valence-corrected chi connectivity index (χ1v) is 6.91. The van der Waals surface area contributed by atoms with Crippen LogP contribution in [0.1, 0.15) is 48.3 Å². The summed E-state index contributed by atoms with van der Waals surface area (Å²) < 4.78 is 5.52. The lowest BCUT2D eigenvalue weighted by molar-refractivity contribution is -0.142. The summed E-state index contributed by atoms with van der Waals surface area (Å²) in [5, 5.41) is 9.06. The number of aryl methyl sites for hydroxylation is 2. The molecule has 0 unspecified atom stereocenters. The summed E-state index contributed by atoms with van der Waals surface area (Å²) in [7, 11) is 1.71. The monoisotopic (exact) mass is 262 g/mol.